The van der Waals surface area contributed by atoms with Gasteiger partial charge in [-0.2, -0.15) is 8.42 Å². The van der Waals surface area contributed by atoms with Crippen molar-refractivity contribution in [2.24, 2.45) is 0 Å². The van der Waals surface area contributed by atoms with Crippen molar-refractivity contribution >= 4 is 27.1 Å². The van der Waals surface area contributed by atoms with Gasteiger partial charge in [0, 0.05) is 6.54 Å². The van der Waals surface area contributed by atoms with Crippen LogP contribution in [0.5, 0.6) is 0 Å². The van der Waals surface area contributed by atoms with E-state index in [9.17, 15) is 23.7 Å². The number of anilines is 1. The van der Waals surface area contributed by atoms with E-state index in [1.807, 2.05) is 0 Å². The lowest BCUT2D eigenvalue weighted by atomic mass is 10.1. The van der Waals surface area contributed by atoms with Crippen molar-refractivity contribution in [1.29, 1.82) is 0 Å². The molecule has 3 rings (SSSR count). The van der Waals surface area contributed by atoms with Gasteiger partial charge < -0.3 is 25.4 Å². The number of aromatic nitrogens is 4. The van der Waals surface area contributed by atoms with E-state index < -0.39 is 41.3 Å². The largest absolute Gasteiger partial charge is 0.394 e. The Kier molecular flexibility index (Phi) is 10.6. The van der Waals surface area contributed by atoms with Crippen molar-refractivity contribution < 1.29 is 33.0 Å². The van der Waals surface area contributed by atoms with Crippen LogP contribution >= 0.6 is 0 Å². The molecule has 0 saturated carbocycles. The molecule has 0 bridgehead atoms. The van der Waals surface area contributed by atoms with E-state index in [1.165, 1.54) is 12.7 Å². The van der Waals surface area contributed by atoms with Crippen LogP contribution in [0.4, 0.5) is 5.82 Å². The van der Waals surface area contributed by atoms with Gasteiger partial charge >= 0.3 is 0 Å². The molecule has 13 heteroatoms. The summed E-state index contributed by atoms with van der Waals surface area (Å²) in [7, 11) is -3.82. The predicted octanol–water partition coefficient (Wildman–Crippen LogP) is 1.64. The first kappa shape index (κ1) is 27.7. The second kappa shape index (κ2) is 13.4. The van der Waals surface area contributed by atoms with Gasteiger partial charge in [-0.3, -0.25) is 9.12 Å². The number of hydrogen-bond donors (Lipinski definition) is 5. The van der Waals surface area contributed by atoms with Crippen LogP contribution in [0.1, 0.15) is 70.4 Å². The Balaban J connectivity index is 1.32. The smallest absolute Gasteiger partial charge is 0.264 e. The second-order valence-electron chi connectivity index (χ2n) is 9.02. The number of rotatable bonds is 16. The summed E-state index contributed by atoms with van der Waals surface area (Å²) in [5.41, 5.74) is 1.01. The van der Waals surface area contributed by atoms with Crippen LogP contribution in [0.25, 0.3) is 11.2 Å². The number of ether oxygens (including phenoxy) is 1. The molecule has 12 nitrogen and oxygen atoms in total. The normalized spacial score (nSPS) is 22.7. The van der Waals surface area contributed by atoms with Crippen molar-refractivity contribution in [3.8, 4) is 0 Å². The minimum Gasteiger partial charge on any atom is -0.394 e. The van der Waals surface area contributed by atoms with Crippen LogP contribution in [0, 0.1) is 0 Å². The molecule has 198 valence electrons. The maximum atomic E-state index is 10.7. The average molecular weight is 516 g/mol. The van der Waals surface area contributed by atoms with Crippen LogP contribution in [0.2, 0.25) is 0 Å². The number of aliphatic hydroxyl groups excluding tert-OH is 3. The number of imidazole rings is 1. The van der Waals surface area contributed by atoms with E-state index in [0.717, 1.165) is 64.3 Å². The van der Waals surface area contributed by atoms with Crippen molar-refractivity contribution in [2.75, 3.05) is 24.2 Å². The summed E-state index contributed by atoms with van der Waals surface area (Å²) in [6.07, 6.45) is 8.85. The summed E-state index contributed by atoms with van der Waals surface area (Å²) in [6, 6.07) is 0. The van der Waals surface area contributed by atoms with Gasteiger partial charge in [-0.05, 0) is 12.8 Å². The Hall–Kier alpha value is -1.90. The number of fused-ring (bicyclic) bond motifs is 1. The summed E-state index contributed by atoms with van der Waals surface area (Å²) < 4.78 is 37.1. The molecular weight excluding hydrogens is 478 g/mol. The van der Waals surface area contributed by atoms with Gasteiger partial charge in [0.25, 0.3) is 10.1 Å². The number of nitrogens with zero attached hydrogens (tertiary/aromatic N) is 4. The molecule has 1 fully saturated rings. The quantitative estimate of drug-likeness (QED) is 0.162. The number of aliphatic hydroxyl groups is 3. The molecule has 0 aromatic carbocycles. The fourth-order valence-corrected chi connectivity index (χ4v) is 4.88. The highest BCUT2D eigenvalue weighted by Crippen LogP contribution is 2.32. The Morgan fingerprint density at radius 1 is 0.914 bits per heavy atom. The predicted molar refractivity (Wildman–Crippen MR) is 129 cm³/mol. The highest BCUT2D eigenvalue weighted by Gasteiger charge is 2.44. The van der Waals surface area contributed by atoms with Crippen LogP contribution in [-0.2, 0) is 14.9 Å². The standard InChI is InChI=1S/C22H37N5O7S/c28-13-16-18(29)19(30)22(34-16)27-15-26-17-20(24-14-25-21(17)27)23-11-9-7-5-3-1-2-4-6-8-10-12-35(31,32)33/h14-16,18-19,22,28-30H,1-13H2,(H,23,24,25)(H,31,32,33). The Bertz CT molecular complexity index is 1020. The Morgan fingerprint density at radius 3 is 2.14 bits per heavy atom. The molecule has 1 aliphatic rings. The van der Waals surface area contributed by atoms with E-state index in [1.54, 1.807) is 4.57 Å². The molecule has 3 heterocycles. The molecule has 35 heavy (non-hydrogen) atoms. The van der Waals surface area contributed by atoms with E-state index in [-0.39, 0.29) is 5.75 Å². The summed E-state index contributed by atoms with van der Waals surface area (Å²) in [4.78, 5) is 12.9. The molecule has 1 saturated heterocycles. The highest BCUT2D eigenvalue weighted by atomic mass is 32.2. The van der Waals surface area contributed by atoms with Crippen molar-refractivity contribution in [2.45, 2.75) is 88.7 Å². The van der Waals surface area contributed by atoms with Gasteiger partial charge in [-0.15, -0.1) is 0 Å². The number of nitrogens with one attached hydrogen (secondary N) is 1. The van der Waals surface area contributed by atoms with E-state index in [0.29, 0.717) is 23.4 Å². The molecule has 2 aromatic heterocycles. The fourth-order valence-electron chi connectivity index (χ4n) is 4.31. The zero-order valence-corrected chi connectivity index (χ0v) is 20.7. The van der Waals surface area contributed by atoms with Crippen molar-refractivity contribution in [3.05, 3.63) is 12.7 Å². The molecule has 4 atom stereocenters. The summed E-state index contributed by atoms with van der Waals surface area (Å²) >= 11 is 0. The van der Waals surface area contributed by atoms with Gasteiger partial charge in [-0.25, -0.2) is 15.0 Å². The molecule has 4 unspecified atom stereocenters. The van der Waals surface area contributed by atoms with Crippen molar-refractivity contribution in [3.63, 3.8) is 0 Å². The summed E-state index contributed by atoms with van der Waals surface area (Å²) in [6.45, 7) is 0.337. The van der Waals surface area contributed by atoms with Crippen LogP contribution in [0.3, 0.4) is 0 Å². The van der Waals surface area contributed by atoms with Crippen molar-refractivity contribution in [1.82, 2.24) is 19.5 Å². The SMILES string of the molecule is O=S(=O)(O)CCCCCCCCCCCCNc1ncnc2c1ncn2C1OC(CO)C(O)C1O. The second-order valence-corrected chi connectivity index (χ2v) is 10.6. The number of hydrogen-bond acceptors (Lipinski definition) is 10. The minimum absolute atomic E-state index is 0.142. The first-order valence-electron chi connectivity index (χ1n) is 12.3. The maximum Gasteiger partial charge on any atom is 0.264 e. The fraction of sp³-hybridized carbons (Fsp3) is 0.773. The van der Waals surface area contributed by atoms with Crippen LogP contribution in [0.15, 0.2) is 12.7 Å². The third-order valence-electron chi connectivity index (χ3n) is 6.27. The molecule has 5 N–H and O–H groups in total. The first-order chi connectivity index (χ1) is 16.8. The monoisotopic (exact) mass is 515 g/mol. The molecule has 0 aliphatic carbocycles. The molecular formula is C22H37N5O7S. The summed E-state index contributed by atoms with van der Waals surface area (Å²) in [5.74, 6) is 0.450. The number of unbranched alkanes of at least 4 members (excludes halogenated alkanes) is 9. The van der Waals surface area contributed by atoms with E-state index in [4.69, 9.17) is 9.29 Å². The molecule has 1 aliphatic heterocycles. The third-order valence-corrected chi connectivity index (χ3v) is 7.08. The molecule has 0 amide bonds. The first-order valence-corrected chi connectivity index (χ1v) is 13.9. The third kappa shape index (κ3) is 8.05. The zero-order chi connectivity index (χ0) is 25.3. The van der Waals surface area contributed by atoms with Crippen LogP contribution < -0.4 is 5.32 Å². The van der Waals surface area contributed by atoms with Gasteiger partial charge in [0.2, 0.25) is 0 Å². The highest BCUT2D eigenvalue weighted by molar-refractivity contribution is 7.85. The summed E-state index contributed by atoms with van der Waals surface area (Å²) in [5, 5.41) is 32.9. The lowest BCUT2D eigenvalue weighted by Gasteiger charge is -2.16. The molecule has 0 radical (unpaired) electrons. The minimum atomic E-state index is -3.82. The van der Waals surface area contributed by atoms with E-state index in [2.05, 4.69) is 20.3 Å². The Morgan fingerprint density at radius 2 is 1.54 bits per heavy atom. The molecule has 2 aromatic rings. The van der Waals surface area contributed by atoms with Gasteiger partial charge in [0.05, 0.1) is 18.7 Å². The topological polar surface area (TPSA) is 180 Å². The van der Waals surface area contributed by atoms with Gasteiger partial charge in [0.1, 0.15) is 24.6 Å². The lowest BCUT2D eigenvalue weighted by molar-refractivity contribution is -0.0511. The van der Waals surface area contributed by atoms with Gasteiger partial charge in [-0.1, -0.05) is 51.4 Å². The zero-order valence-electron chi connectivity index (χ0n) is 19.9. The Labute approximate surface area is 205 Å². The van der Waals surface area contributed by atoms with Gasteiger partial charge in [0.15, 0.2) is 23.2 Å². The maximum absolute atomic E-state index is 10.7. The van der Waals surface area contributed by atoms with E-state index >= 15 is 0 Å². The average Bonchev–Trinajstić information content (AvgIpc) is 3.37. The molecule has 0 spiro atoms. The lowest BCUT2D eigenvalue weighted by Crippen LogP contribution is -2.33. The van der Waals surface area contributed by atoms with Crippen LogP contribution in [-0.4, -0.2) is 85.0 Å².